The summed E-state index contributed by atoms with van der Waals surface area (Å²) in [6, 6.07) is 1.74. The van der Waals surface area contributed by atoms with Crippen LogP contribution in [0, 0.1) is 5.92 Å². The molecule has 0 aliphatic rings. The highest BCUT2D eigenvalue weighted by molar-refractivity contribution is 9.11. The number of nitrogens with two attached hydrogens (primary N) is 1. The van der Waals surface area contributed by atoms with Crippen LogP contribution in [0.1, 0.15) is 38.3 Å². The van der Waals surface area contributed by atoms with Crippen LogP contribution in [0.4, 0.5) is 0 Å². The fraction of sp³-hybridized carbons (Fsp3) is 0.500. The first-order chi connectivity index (χ1) is 7.84. The van der Waals surface area contributed by atoms with E-state index < -0.39 is 0 Å². The lowest BCUT2D eigenvalue weighted by Crippen LogP contribution is -2.12. The van der Waals surface area contributed by atoms with Crippen LogP contribution in [0.25, 0.3) is 0 Å². The van der Waals surface area contributed by atoms with Crippen LogP contribution in [0.2, 0.25) is 0 Å². The second kappa shape index (κ2) is 6.55. The Morgan fingerprint density at radius 1 is 1.18 bits per heavy atom. The van der Waals surface area contributed by atoms with E-state index in [1.807, 2.05) is 6.07 Å². The Morgan fingerprint density at radius 2 is 1.76 bits per heavy atom. The fourth-order valence-electron chi connectivity index (χ4n) is 1.59. The van der Waals surface area contributed by atoms with Gasteiger partial charge in [-0.2, -0.15) is 0 Å². The number of aromatic hydroxyl groups is 1. The normalized spacial score (nSPS) is 13.1. The Labute approximate surface area is 127 Å². The molecule has 0 aliphatic carbocycles. The van der Waals surface area contributed by atoms with Crippen molar-refractivity contribution in [3.8, 4) is 5.75 Å². The maximum Gasteiger partial charge on any atom is 0.144 e. The van der Waals surface area contributed by atoms with Crippen molar-refractivity contribution in [3.05, 3.63) is 25.0 Å². The third-order valence-electron chi connectivity index (χ3n) is 2.61. The number of halogens is 3. The molecule has 17 heavy (non-hydrogen) atoms. The summed E-state index contributed by atoms with van der Waals surface area (Å²) in [7, 11) is 0. The van der Waals surface area contributed by atoms with Gasteiger partial charge in [-0.15, -0.1) is 0 Å². The molecule has 1 aromatic rings. The number of hydrogen-bond donors (Lipinski definition) is 2. The van der Waals surface area contributed by atoms with Crippen LogP contribution in [0.3, 0.4) is 0 Å². The van der Waals surface area contributed by atoms with Gasteiger partial charge in [-0.3, -0.25) is 0 Å². The zero-order valence-electron chi connectivity index (χ0n) is 9.80. The summed E-state index contributed by atoms with van der Waals surface area (Å²) in [5.74, 6) is 0.825. The van der Waals surface area contributed by atoms with Crippen LogP contribution in [-0.4, -0.2) is 5.11 Å². The topological polar surface area (TPSA) is 46.2 Å². The molecule has 1 rings (SSSR count). The molecule has 0 heterocycles. The highest BCUT2D eigenvalue weighted by atomic mass is 79.9. The van der Waals surface area contributed by atoms with Crippen molar-refractivity contribution in [3.63, 3.8) is 0 Å². The molecule has 3 N–H and O–H groups in total. The molecular formula is C12H16Br3NO. The molecule has 5 heteroatoms. The summed E-state index contributed by atoms with van der Waals surface area (Å²) in [5, 5.41) is 9.87. The first-order valence-electron chi connectivity index (χ1n) is 5.46. The van der Waals surface area contributed by atoms with Gasteiger partial charge in [-0.05, 0) is 56.7 Å². The van der Waals surface area contributed by atoms with Gasteiger partial charge in [0, 0.05) is 16.1 Å². The number of rotatable bonds is 4. The zero-order valence-corrected chi connectivity index (χ0v) is 14.6. The summed E-state index contributed by atoms with van der Waals surface area (Å²) in [6.07, 6.45) is 1.97. The van der Waals surface area contributed by atoms with Crippen molar-refractivity contribution in [2.24, 2.45) is 11.7 Å². The maximum absolute atomic E-state index is 9.87. The molecular weight excluding hydrogens is 414 g/mol. The molecule has 0 bridgehead atoms. The lowest BCUT2D eigenvalue weighted by molar-refractivity contribution is 0.462. The summed E-state index contributed by atoms with van der Waals surface area (Å²) in [6.45, 7) is 4.35. The van der Waals surface area contributed by atoms with Crippen molar-refractivity contribution in [2.45, 2.75) is 32.7 Å². The molecule has 1 atom stereocenters. The van der Waals surface area contributed by atoms with Crippen molar-refractivity contribution < 1.29 is 5.11 Å². The highest BCUT2D eigenvalue weighted by Crippen LogP contribution is 2.42. The van der Waals surface area contributed by atoms with Crippen LogP contribution in [0.15, 0.2) is 19.5 Å². The molecule has 1 aromatic carbocycles. The van der Waals surface area contributed by atoms with E-state index in [9.17, 15) is 5.11 Å². The van der Waals surface area contributed by atoms with E-state index in [2.05, 4.69) is 61.6 Å². The average molecular weight is 430 g/mol. The third kappa shape index (κ3) is 3.94. The molecule has 0 aromatic heterocycles. The first-order valence-corrected chi connectivity index (χ1v) is 7.84. The Balaban J connectivity index is 3.01. The molecule has 0 saturated heterocycles. The Hall–Kier alpha value is 0.420. The predicted octanol–water partition coefficient (Wildman–Crippen LogP) is 5.12. The van der Waals surface area contributed by atoms with Gasteiger partial charge in [0.15, 0.2) is 0 Å². The molecule has 96 valence electrons. The summed E-state index contributed by atoms with van der Waals surface area (Å²) < 4.78 is 2.22. The van der Waals surface area contributed by atoms with Gasteiger partial charge >= 0.3 is 0 Å². The summed E-state index contributed by atoms with van der Waals surface area (Å²) in [4.78, 5) is 0. The largest absolute Gasteiger partial charge is 0.506 e. The van der Waals surface area contributed by atoms with Crippen LogP contribution < -0.4 is 5.73 Å². The van der Waals surface area contributed by atoms with Gasteiger partial charge in [0.2, 0.25) is 0 Å². The van der Waals surface area contributed by atoms with E-state index in [4.69, 9.17) is 5.73 Å². The van der Waals surface area contributed by atoms with Gasteiger partial charge in [0.25, 0.3) is 0 Å². The van der Waals surface area contributed by atoms with Gasteiger partial charge < -0.3 is 10.8 Å². The van der Waals surface area contributed by atoms with E-state index in [0.717, 1.165) is 22.9 Å². The molecule has 0 spiro atoms. The molecule has 0 fully saturated rings. The van der Waals surface area contributed by atoms with Crippen LogP contribution in [-0.2, 0) is 0 Å². The van der Waals surface area contributed by atoms with Gasteiger partial charge in [0.05, 0.1) is 8.95 Å². The molecule has 0 radical (unpaired) electrons. The van der Waals surface area contributed by atoms with E-state index in [1.165, 1.54) is 0 Å². The Morgan fingerprint density at radius 3 is 2.29 bits per heavy atom. The van der Waals surface area contributed by atoms with Crippen LogP contribution in [0.5, 0.6) is 5.75 Å². The van der Waals surface area contributed by atoms with Gasteiger partial charge in [-0.1, -0.05) is 29.8 Å². The molecule has 0 aliphatic heterocycles. The van der Waals surface area contributed by atoms with Crippen molar-refractivity contribution in [1.29, 1.82) is 0 Å². The zero-order chi connectivity index (χ0) is 13.2. The lowest BCUT2D eigenvalue weighted by atomic mass is 9.98. The van der Waals surface area contributed by atoms with E-state index in [-0.39, 0.29) is 11.8 Å². The van der Waals surface area contributed by atoms with Gasteiger partial charge in [0.1, 0.15) is 5.75 Å². The second-order valence-electron chi connectivity index (χ2n) is 4.49. The van der Waals surface area contributed by atoms with E-state index >= 15 is 0 Å². The second-order valence-corrected chi connectivity index (χ2v) is 7.00. The molecule has 0 amide bonds. The summed E-state index contributed by atoms with van der Waals surface area (Å²) in [5.41, 5.74) is 7.10. The lowest BCUT2D eigenvalue weighted by Gasteiger charge is -2.18. The predicted molar refractivity (Wildman–Crippen MR) is 82.2 cm³/mol. The SMILES string of the molecule is CC(C)CC[C@@H](N)c1c(Br)cc(Br)c(O)c1Br. The standard InChI is InChI=1S/C12H16Br3NO/c1-6(2)3-4-9(16)10-7(13)5-8(14)12(17)11(10)15/h5-6,9,17H,3-4,16H2,1-2H3/t9-/m1/s1. The van der Waals surface area contributed by atoms with Gasteiger partial charge in [-0.25, -0.2) is 0 Å². The minimum Gasteiger partial charge on any atom is -0.506 e. The van der Waals surface area contributed by atoms with Crippen molar-refractivity contribution in [2.75, 3.05) is 0 Å². The first kappa shape index (κ1) is 15.5. The fourth-order valence-corrected chi connectivity index (χ4v) is 4.30. The van der Waals surface area contributed by atoms with E-state index in [1.54, 1.807) is 0 Å². The Kier molecular flexibility index (Phi) is 5.96. The summed E-state index contributed by atoms with van der Waals surface area (Å²) >= 11 is 10.2. The number of hydrogen-bond acceptors (Lipinski definition) is 2. The molecule has 2 nitrogen and oxygen atoms in total. The van der Waals surface area contributed by atoms with Crippen LogP contribution >= 0.6 is 47.8 Å². The average Bonchev–Trinajstić information content (AvgIpc) is 2.23. The van der Waals surface area contributed by atoms with Crippen molar-refractivity contribution >= 4 is 47.8 Å². The highest BCUT2D eigenvalue weighted by Gasteiger charge is 2.19. The number of phenolic OH excluding ortho intramolecular Hbond substituents is 1. The number of phenols is 1. The molecule has 0 unspecified atom stereocenters. The molecule has 0 saturated carbocycles. The monoisotopic (exact) mass is 427 g/mol. The number of benzene rings is 1. The quantitative estimate of drug-likeness (QED) is 0.698. The third-order valence-corrected chi connectivity index (χ3v) is 4.67. The Bertz CT molecular complexity index is 407. The minimum atomic E-state index is -0.0832. The minimum absolute atomic E-state index is 0.0832. The smallest absolute Gasteiger partial charge is 0.144 e. The van der Waals surface area contributed by atoms with Crippen molar-refractivity contribution in [1.82, 2.24) is 0 Å². The van der Waals surface area contributed by atoms with E-state index in [0.29, 0.717) is 14.9 Å². The maximum atomic E-state index is 9.87.